The molecule has 1 aromatic heterocycles. The van der Waals surface area contributed by atoms with Gasteiger partial charge in [-0.1, -0.05) is 17.7 Å². The van der Waals surface area contributed by atoms with Crippen LogP contribution in [0.15, 0.2) is 40.2 Å². The number of aromatic nitrogens is 2. The molecule has 13 nitrogen and oxygen atoms in total. The zero-order chi connectivity index (χ0) is 26.6. The molecule has 0 unspecified atom stereocenters. The van der Waals surface area contributed by atoms with Gasteiger partial charge in [0.15, 0.2) is 18.1 Å². The lowest BCUT2D eigenvalue weighted by atomic mass is 10.1. The predicted octanol–water partition coefficient (Wildman–Crippen LogP) is 0.687. The first-order valence-electron chi connectivity index (χ1n) is 10.7. The first kappa shape index (κ1) is 27.0. The third-order valence-corrected chi connectivity index (χ3v) is 6.41. The van der Waals surface area contributed by atoms with Crippen molar-refractivity contribution in [3.8, 4) is 0 Å². The number of nitrogens with zero attached hydrogens (tertiary/aromatic N) is 1. The Kier molecular flexibility index (Phi) is 8.22. The Morgan fingerprint density at radius 2 is 1.75 bits per heavy atom. The average molecular weight is 524 g/mol. The summed E-state index contributed by atoms with van der Waals surface area (Å²) in [7, 11) is -4.39. The molecule has 0 spiro atoms. The van der Waals surface area contributed by atoms with E-state index in [9.17, 15) is 27.6 Å². The Balaban J connectivity index is 2.00. The highest BCUT2D eigenvalue weighted by molar-refractivity contribution is 7.86. The van der Waals surface area contributed by atoms with Crippen LogP contribution in [-0.4, -0.2) is 67.3 Å². The van der Waals surface area contributed by atoms with Gasteiger partial charge in [-0.3, -0.25) is 23.6 Å². The second-order valence-electron chi connectivity index (χ2n) is 7.98. The molecule has 4 atom stereocenters. The lowest BCUT2D eigenvalue weighted by molar-refractivity contribution is -0.151. The number of esters is 2. The molecule has 0 amide bonds. The smallest absolute Gasteiger partial charge is 0.346 e. The first-order valence-corrected chi connectivity index (χ1v) is 12.1. The maximum absolute atomic E-state index is 13.0. The summed E-state index contributed by atoms with van der Waals surface area (Å²) in [4.78, 5) is 52.8. The van der Waals surface area contributed by atoms with Gasteiger partial charge in [-0.15, -0.1) is 0 Å². The van der Waals surface area contributed by atoms with E-state index in [1.165, 1.54) is 19.1 Å². The number of Topliss-reactive ketones (excluding diaryl/α,β-unsaturated/α-hetero) is 1. The van der Waals surface area contributed by atoms with E-state index < -0.39 is 64.7 Å². The molecular weight excluding hydrogens is 498 g/mol. The molecule has 0 radical (unpaired) electrons. The van der Waals surface area contributed by atoms with Gasteiger partial charge in [-0.25, -0.2) is 9.78 Å². The van der Waals surface area contributed by atoms with Crippen LogP contribution < -0.4 is 11.0 Å². The Morgan fingerprint density at radius 3 is 2.33 bits per heavy atom. The molecule has 1 aromatic carbocycles. The van der Waals surface area contributed by atoms with E-state index in [0.717, 1.165) is 25.6 Å². The molecule has 0 aliphatic carbocycles. The summed E-state index contributed by atoms with van der Waals surface area (Å²) in [6.45, 7) is 4.82. The van der Waals surface area contributed by atoms with E-state index in [-0.39, 0.29) is 16.3 Å². The number of nitrogens with one attached hydrogen (secondary N) is 2. The lowest BCUT2D eigenvalue weighted by Gasteiger charge is -2.24. The van der Waals surface area contributed by atoms with Crippen LogP contribution in [-0.2, 0) is 38.1 Å². The molecule has 2 aromatic rings. The number of hydrogen-bond donors (Lipinski definition) is 2. The third kappa shape index (κ3) is 6.53. The summed E-state index contributed by atoms with van der Waals surface area (Å²) in [5.41, 5.74) is 0.0317. The van der Waals surface area contributed by atoms with Crippen LogP contribution in [0, 0.1) is 6.92 Å². The van der Waals surface area contributed by atoms with Crippen molar-refractivity contribution in [2.45, 2.75) is 57.1 Å². The Hall–Kier alpha value is -3.62. The topological polar surface area (TPSA) is 180 Å². The van der Waals surface area contributed by atoms with E-state index in [1.54, 1.807) is 19.1 Å². The number of aryl methyl sites for hydroxylation is 1. The number of hydrogen-bond acceptors (Lipinski definition) is 12. The second kappa shape index (κ2) is 11.0. The molecule has 1 fully saturated rings. The molecule has 1 aliphatic rings. The fourth-order valence-corrected chi connectivity index (χ4v) is 4.54. The molecule has 3 rings (SSSR count). The van der Waals surface area contributed by atoms with Crippen LogP contribution in [0.3, 0.4) is 0 Å². The molecule has 1 saturated heterocycles. The van der Waals surface area contributed by atoms with Crippen molar-refractivity contribution < 1.29 is 41.2 Å². The van der Waals surface area contributed by atoms with Gasteiger partial charge in [0.2, 0.25) is 0 Å². The highest BCUT2D eigenvalue weighted by Gasteiger charge is 2.51. The highest BCUT2D eigenvalue weighted by atomic mass is 32.2. The maximum Gasteiger partial charge on any atom is 0.346 e. The van der Waals surface area contributed by atoms with E-state index in [1.807, 2.05) is 0 Å². The summed E-state index contributed by atoms with van der Waals surface area (Å²) < 4.78 is 47.6. The van der Waals surface area contributed by atoms with Crippen LogP contribution in [0.25, 0.3) is 0 Å². The molecule has 2 N–H and O–H groups in total. The minimum absolute atomic E-state index is 0.00652. The molecule has 14 heteroatoms. The largest absolute Gasteiger partial charge is 0.463 e. The van der Waals surface area contributed by atoms with E-state index in [0.29, 0.717) is 0 Å². The van der Waals surface area contributed by atoms with Crippen molar-refractivity contribution in [1.82, 2.24) is 9.97 Å². The number of ketones is 1. The lowest BCUT2D eigenvalue weighted by Crippen LogP contribution is -2.43. The summed E-state index contributed by atoms with van der Waals surface area (Å²) in [5.74, 6) is -2.01. The molecule has 0 saturated carbocycles. The fourth-order valence-electron chi connectivity index (χ4n) is 3.44. The van der Waals surface area contributed by atoms with Gasteiger partial charge >= 0.3 is 17.6 Å². The molecule has 194 valence electrons. The fraction of sp³-hybridized carbons (Fsp3) is 0.409. The van der Waals surface area contributed by atoms with Gasteiger partial charge < -0.3 is 19.5 Å². The number of benzene rings is 1. The zero-order valence-electron chi connectivity index (χ0n) is 19.8. The molecule has 2 heterocycles. The SMILES string of the molecule is CC(=O)OC[C@H]1O[C@@H](Nc2[nH]c(=O)ncc2C(C)=O)[C@H](OC(C)=O)[C@H]1OS(=O)(=O)c1ccc(C)cc1. The van der Waals surface area contributed by atoms with Crippen LogP contribution >= 0.6 is 0 Å². The Morgan fingerprint density at radius 1 is 1.08 bits per heavy atom. The number of H-pyrrole nitrogens is 1. The van der Waals surface area contributed by atoms with Crippen molar-refractivity contribution in [3.05, 3.63) is 52.1 Å². The van der Waals surface area contributed by atoms with E-state index >= 15 is 0 Å². The number of aromatic amines is 1. The van der Waals surface area contributed by atoms with Gasteiger partial charge in [-0.05, 0) is 26.0 Å². The minimum Gasteiger partial charge on any atom is -0.463 e. The van der Waals surface area contributed by atoms with Gasteiger partial charge in [-0.2, -0.15) is 8.42 Å². The normalized spacial score (nSPS) is 21.6. The van der Waals surface area contributed by atoms with E-state index in [4.69, 9.17) is 18.4 Å². The van der Waals surface area contributed by atoms with Gasteiger partial charge in [0.05, 0.1) is 10.5 Å². The number of anilines is 1. The van der Waals surface area contributed by atoms with Crippen LogP contribution in [0.1, 0.15) is 36.7 Å². The van der Waals surface area contributed by atoms with Crippen LogP contribution in [0.2, 0.25) is 0 Å². The molecular formula is C22H25N3O10S. The average Bonchev–Trinajstić information content (AvgIpc) is 3.07. The summed E-state index contributed by atoms with van der Waals surface area (Å²) in [6.07, 6.45) is -4.36. The summed E-state index contributed by atoms with van der Waals surface area (Å²) >= 11 is 0. The third-order valence-electron chi connectivity index (χ3n) is 5.09. The van der Waals surface area contributed by atoms with Gasteiger partial charge in [0.1, 0.15) is 24.6 Å². The molecule has 0 bridgehead atoms. The highest BCUT2D eigenvalue weighted by Crippen LogP contribution is 2.31. The predicted molar refractivity (Wildman–Crippen MR) is 123 cm³/mol. The second-order valence-corrected chi connectivity index (χ2v) is 9.55. The maximum atomic E-state index is 13.0. The number of carbonyl (C=O) groups excluding carboxylic acids is 3. The van der Waals surface area contributed by atoms with Crippen LogP contribution in [0.4, 0.5) is 5.82 Å². The minimum atomic E-state index is -4.39. The summed E-state index contributed by atoms with van der Waals surface area (Å²) in [6, 6.07) is 5.85. The number of rotatable bonds is 9. The van der Waals surface area contributed by atoms with Crippen molar-refractivity contribution >= 4 is 33.7 Å². The standard InChI is InChI=1S/C22H25N3O10S/c1-11-5-7-15(8-6-11)36(30,31)35-18-17(10-32-13(3)27)34-21(19(18)33-14(4)28)24-20-16(12(2)26)9-23-22(29)25-20/h5-9,17-19,21H,10H2,1-4H3,(H2,23,24,25,29)/t17-,18+,19-,21-/m1/s1. The van der Waals surface area contributed by atoms with Crippen molar-refractivity contribution in [1.29, 1.82) is 0 Å². The first-order chi connectivity index (χ1) is 16.9. The molecule has 1 aliphatic heterocycles. The van der Waals surface area contributed by atoms with Crippen molar-refractivity contribution in [2.75, 3.05) is 11.9 Å². The zero-order valence-corrected chi connectivity index (χ0v) is 20.7. The van der Waals surface area contributed by atoms with Crippen molar-refractivity contribution in [2.24, 2.45) is 0 Å². The molecule has 36 heavy (non-hydrogen) atoms. The number of carbonyl (C=O) groups is 3. The van der Waals surface area contributed by atoms with Gasteiger partial charge in [0.25, 0.3) is 10.1 Å². The Labute approximate surface area is 206 Å². The van der Waals surface area contributed by atoms with Crippen molar-refractivity contribution in [3.63, 3.8) is 0 Å². The van der Waals surface area contributed by atoms with Crippen LogP contribution in [0.5, 0.6) is 0 Å². The number of ether oxygens (including phenoxy) is 3. The summed E-state index contributed by atoms with van der Waals surface area (Å²) in [5, 5.41) is 2.74. The Bertz CT molecular complexity index is 1310. The van der Waals surface area contributed by atoms with Gasteiger partial charge in [0, 0.05) is 20.0 Å². The quantitative estimate of drug-likeness (QED) is 0.267. The monoisotopic (exact) mass is 523 g/mol. The van der Waals surface area contributed by atoms with E-state index in [2.05, 4.69) is 15.3 Å².